The Morgan fingerprint density at radius 1 is 1.00 bits per heavy atom. The number of amides is 1. The maximum atomic E-state index is 13.0. The van der Waals surface area contributed by atoms with Crippen molar-refractivity contribution in [2.75, 3.05) is 10.2 Å². The van der Waals surface area contributed by atoms with Gasteiger partial charge in [-0.2, -0.15) is 0 Å². The number of benzene rings is 2. The molecule has 0 aliphatic carbocycles. The second-order valence-electron chi connectivity index (χ2n) is 6.27. The third-order valence-corrected chi connectivity index (χ3v) is 4.78. The Morgan fingerprint density at radius 3 is 2.64 bits per heavy atom. The number of fused-ring (bicyclic) bond motifs is 1. The van der Waals surface area contributed by atoms with E-state index in [2.05, 4.69) is 36.3 Å². The minimum absolute atomic E-state index is 0.00796. The lowest BCUT2D eigenvalue weighted by Gasteiger charge is -2.27. The van der Waals surface area contributed by atoms with E-state index in [0.29, 0.717) is 0 Å². The van der Waals surface area contributed by atoms with Gasteiger partial charge in [-0.1, -0.05) is 30.3 Å². The highest BCUT2D eigenvalue weighted by Gasteiger charge is 2.37. The molecule has 25 heavy (non-hydrogen) atoms. The molecule has 0 saturated heterocycles. The average molecular weight is 329 g/mol. The lowest BCUT2D eigenvalue weighted by Crippen LogP contribution is -2.32. The highest BCUT2D eigenvalue weighted by atomic mass is 16.2. The Bertz CT molecular complexity index is 937. The molecule has 124 valence electrons. The third kappa shape index (κ3) is 2.56. The van der Waals surface area contributed by atoms with E-state index in [-0.39, 0.29) is 12.1 Å². The van der Waals surface area contributed by atoms with Crippen LogP contribution in [-0.2, 0) is 0 Å². The van der Waals surface area contributed by atoms with Crippen molar-refractivity contribution in [1.82, 2.24) is 4.98 Å². The lowest BCUT2D eigenvalue weighted by atomic mass is 10.1. The minimum Gasteiger partial charge on any atom is -0.361 e. The number of pyridine rings is 1. The molecule has 0 radical (unpaired) electrons. The number of rotatable bonds is 3. The summed E-state index contributed by atoms with van der Waals surface area (Å²) in [6.45, 7) is 4.18. The number of carbonyl (C=O) groups is 1. The Kier molecular flexibility index (Phi) is 3.73. The summed E-state index contributed by atoms with van der Waals surface area (Å²) in [5, 5.41) is 3.56. The first-order valence-electron chi connectivity index (χ1n) is 8.32. The molecule has 0 unspecified atom stereocenters. The summed E-state index contributed by atoms with van der Waals surface area (Å²) < 4.78 is 0. The fourth-order valence-electron chi connectivity index (χ4n) is 3.28. The van der Waals surface area contributed by atoms with Crippen molar-refractivity contribution in [2.24, 2.45) is 0 Å². The first-order chi connectivity index (χ1) is 12.2. The summed E-state index contributed by atoms with van der Waals surface area (Å²) in [6.07, 6.45) is 3.18. The molecule has 1 N–H and O–H groups in total. The van der Waals surface area contributed by atoms with E-state index in [1.807, 2.05) is 42.5 Å². The second-order valence-corrected chi connectivity index (χ2v) is 6.27. The van der Waals surface area contributed by atoms with Crippen LogP contribution in [0.5, 0.6) is 0 Å². The van der Waals surface area contributed by atoms with Gasteiger partial charge in [0.05, 0.1) is 11.9 Å². The molecule has 2 heterocycles. The molecule has 0 fully saturated rings. The third-order valence-electron chi connectivity index (χ3n) is 4.78. The van der Waals surface area contributed by atoms with E-state index in [1.54, 1.807) is 17.3 Å². The van der Waals surface area contributed by atoms with E-state index < -0.39 is 0 Å². The van der Waals surface area contributed by atoms with Gasteiger partial charge in [0.25, 0.3) is 5.91 Å². The second kappa shape index (κ2) is 6.06. The number of hydrogen-bond acceptors (Lipinski definition) is 3. The van der Waals surface area contributed by atoms with Gasteiger partial charge in [-0.15, -0.1) is 0 Å². The van der Waals surface area contributed by atoms with Crippen molar-refractivity contribution in [1.29, 1.82) is 0 Å². The topological polar surface area (TPSA) is 45.2 Å². The zero-order valence-corrected chi connectivity index (χ0v) is 14.2. The monoisotopic (exact) mass is 329 g/mol. The van der Waals surface area contributed by atoms with Gasteiger partial charge in [0.1, 0.15) is 6.17 Å². The highest BCUT2D eigenvalue weighted by molar-refractivity contribution is 6.11. The largest absolute Gasteiger partial charge is 0.361 e. The van der Waals surface area contributed by atoms with Crippen molar-refractivity contribution in [3.05, 3.63) is 89.2 Å². The number of nitrogens with one attached hydrogen (secondary N) is 1. The molecular formula is C21H19N3O. The standard InChI is InChI=1S/C21H19N3O/c1-14-7-5-11-19(15(14)2)23-20-17-9-3-4-10-18(17)21(25)24(20)16-8-6-12-22-13-16/h3-13,20,23H,1-2H3/t20-/m0/s1. The van der Waals surface area contributed by atoms with Gasteiger partial charge in [-0.25, -0.2) is 0 Å². The van der Waals surface area contributed by atoms with Crippen LogP contribution in [0.4, 0.5) is 11.4 Å². The Labute approximate surface area is 147 Å². The van der Waals surface area contributed by atoms with Gasteiger partial charge in [0.15, 0.2) is 0 Å². The molecule has 1 amide bonds. The van der Waals surface area contributed by atoms with E-state index >= 15 is 0 Å². The normalized spacial score (nSPS) is 16.0. The molecule has 0 spiro atoms. The fourth-order valence-corrected chi connectivity index (χ4v) is 3.28. The van der Waals surface area contributed by atoms with Gasteiger partial charge in [0.2, 0.25) is 0 Å². The maximum absolute atomic E-state index is 13.0. The summed E-state index contributed by atoms with van der Waals surface area (Å²) in [6, 6.07) is 17.7. The minimum atomic E-state index is -0.256. The Morgan fingerprint density at radius 2 is 1.84 bits per heavy atom. The summed E-state index contributed by atoms with van der Waals surface area (Å²) in [7, 11) is 0. The molecule has 4 nitrogen and oxygen atoms in total. The summed E-state index contributed by atoms with van der Waals surface area (Å²) in [4.78, 5) is 19.0. The first-order valence-corrected chi connectivity index (χ1v) is 8.32. The zero-order chi connectivity index (χ0) is 17.4. The van der Waals surface area contributed by atoms with Crippen LogP contribution < -0.4 is 10.2 Å². The van der Waals surface area contributed by atoms with E-state index in [0.717, 1.165) is 22.5 Å². The molecule has 0 bridgehead atoms. The molecule has 1 aromatic heterocycles. The van der Waals surface area contributed by atoms with Crippen molar-refractivity contribution >= 4 is 17.3 Å². The number of carbonyl (C=O) groups excluding carboxylic acids is 1. The van der Waals surface area contributed by atoms with Crippen molar-refractivity contribution in [3.63, 3.8) is 0 Å². The van der Waals surface area contributed by atoms with E-state index in [4.69, 9.17) is 0 Å². The Hall–Kier alpha value is -3.14. The van der Waals surface area contributed by atoms with Gasteiger partial charge in [0, 0.05) is 23.0 Å². The first kappa shape index (κ1) is 15.4. The predicted octanol–water partition coefficient (Wildman–Crippen LogP) is 4.47. The van der Waals surface area contributed by atoms with Crippen LogP contribution >= 0.6 is 0 Å². The van der Waals surface area contributed by atoms with Crippen LogP contribution in [0.1, 0.15) is 33.2 Å². The van der Waals surface area contributed by atoms with Gasteiger partial charge < -0.3 is 5.32 Å². The van der Waals surface area contributed by atoms with Gasteiger partial charge >= 0.3 is 0 Å². The molecule has 1 aliphatic heterocycles. The number of nitrogens with zero attached hydrogens (tertiary/aromatic N) is 2. The lowest BCUT2D eigenvalue weighted by molar-refractivity contribution is 0.0993. The van der Waals surface area contributed by atoms with Crippen LogP contribution in [-0.4, -0.2) is 10.9 Å². The Balaban J connectivity index is 1.81. The molecule has 1 aliphatic rings. The van der Waals surface area contributed by atoms with Gasteiger partial charge in [-0.3, -0.25) is 14.7 Å². The molecule has 1 atom stereocenters. The predicted molar refractivity (Wildman–Crippen MR) is 99.8 cm³/mol. The highest BCUT2D eigenvalue weighted by Crippen LogP contribution is 2.38. The smallest absolute Gasteiger partial charge is 0.260 e. The number of aromatic nitrogens is 1. The summed E-state index contributed by atoms with van der Waals surface area (Å²) >= 11 is 0. The zero-order valence-electron chi connectivity index (χ0n) is 14.2. The van der Waals surface area contributed by atoms with Crippen molar-refractivity contribution < 1.29 is 4.79 Å². The van der Waals surface area contributed by atoms with Crippen LogP contribution in [0.3, 0.4) is 0 Å². The molecular weight excluding hydrogens is 310 g/mol. The summed E-state index contributed by atoms with van der Waals surface area (Å²) in [5.41, 5.74) is 5.93. The van der Waals surface area contributed by atoms with Crippen LogP contribution in [0.25, 0.3) is 0 Å². The fraction of sp³-hybridized carbons (Fsp3) is 0.143. The molecule has 0 saturated carbocycles. The molecule has 4 heteroatoms. The van der Waals surface area contributed by atoms with Gasteiger partial charge in [-0.05, 0) is 49.2 Å². The van der Waals surface area contributed by atoms with E-state index in [1.165, 1.54) is 11.1 Å². The maximum Gasteiger partial charge on any atom is 0.260 e. The molecule has 2 aromatic carbocycles. The molecule has 4 rings (SSSR count). The van der Waals surface area contributed by atoms with Crippen molar-refractivity contribution in [2.45, 2.75) is 20.0 Å². The van der Waals surface area contributed by atoms with Crippen molar-refractivity contribution in [3.8, 4) is 0 Å². The van der Waals surface area contributed by atoms with Crippen LogP contribution in [0.15, 0.2) is 67.0 Å². The SMILES string of the molecule is Cc1cccc(N[C@@H]2c3ccccc3C(=O)N2c2cccnc2)c1C. The number of aryl methyl sites for hydroxylation is 1. The number of anilines is 2. The van der Waals surface area contributed by atoms with E-state index in [9.17, 15) is 4.79 Å². The summed E-state index contributed by atoms with van der Waals surface area (Å²) in [5.74, 6) is -0.00796. The number of hydrogen-bond donors (Lipinski definition) is 1. The average Bonchev–Trinajstić information content (AvgIpc) is 2.92. The van der Waals surface area contributed by atoms with Crippen LogP contribution in [0.2, 0.25) is 0 Å². The van der Waals surface area contributed by atoms with Crippen LogP contribution in [0, 0.1) is 13.8 Å². The molecule has 3 aromatic rings. The quantitative estimate of drug-likeness (QED) is 0.771.